The molecule has 0 atom stereocenters. The molecule has 0 aliphatic carbocycles. The van der Waals surface area contributed by atoms with E-state index in [1.54, 1.807) is 0 Å². The molecule has 3 nitrogen and oxygen atoms in total. The number of aryl methyl sites for hydroxylation is 1. The number of aromatic amines is 1. The zero-order chi connectivity index (χ0) is 12.7. The first kappa shape index (κ1) is 11.3. The van der Waals surface area contributed by atoms with Crippen molar-refractivity contribution in [2.75, 3.05) is 5.73 Å². The summed E-state index contributed by atoms with van der Waals surface area (Å²) < 4.78 is 1.08. The van der Waals surface area contributed by atoms with Crippen LogP contribution in [0.25, 0.3) is 22.0 Å². The van der Waals surface area contributed by atoms with E-state index in [0.29, 0.717) is 5.82 Å². The van der Waals surface area contributed by atoms with E-state index in [1.165, 1.54) is 11.1 Å². The Kier molecular flexibility index (Phi) is 2.59. The topological polar surface area (TPSA) is 54.7 Å². The molecule has 1 aromatic heterocycles. The molecule has 3 aromatic rings. The molecule has 0 unspecified atom stereocenters. The summed E-state index contributed by atoms with van der Waals surface area (Å²) in [5, 5.41) is 7.91. The van der Waals surface area contributed by atoms with Crippen molar-refractivity contribution >= 4 is 32.7 Å². The largest absolute Gasteiger partial charge is 0.382 e. The lowest BCUT2D eigenvalue weighted by Crippen LogP contribution is -1.84. The standard InChI is InChI=1S/C14H12BrN3/c1-8-4-10(6-11(15)5-8)9-2-3-12-13(7-9)17-18-14(12)16/h2-7H,1H3,(H3,16,17,18). The van der Waals surface area contributed by atoms with Crippen LogP contribution in [0.5, 0.6) is 0 Å². The zero-order valence-electron chi connectivity index (χ0n) is 9.87. The molecule has 2 aromatic carbocycles. The van der Waals surface area contributed by atoms with Gasteiger partial charge in [-0.2, -0.15) is 5.10 Å². The van der Waals surface area contributed by atoms with E-state index < -0.39 is 0 Å². The quantitative estimate of drug-likeness (QED) is 0.716. The van der Waals surface area contributed by atoms with E-state index in [2.05, 4.69) is 63.4 Å². The van der Waals surface area contributed by atoms with Gasteiger partial charge in [0.1, 0.15) is 0 Å². The summed E-state index contributed by atoms with van der Waals surface area (Å²) in [4.78, 5) is 0. The minimum Gasteiger partial charge on any atom is -0.382 e. The van der Waals surface area contributed by atoms with Crippen molar-refractivity contribution < 1.29 is 0 Å². The Labute approximate surface area is 113 Å². The third-order valence-electron chi connectivity index (χ3n) is 2.97. The number of anilines is 1. The van der Waals surface area contributed by atoms with Gasteiger partial charge in [-0.15, -0.1) is 0 Å². The number of benzene rings is 2. The summed E-state index contributed by atoms with van der Waals surface area (Å²) in [5.41, 5.74) is 10.3. The number of nitrogens with two attached hydrogens (primary N) is 1. The molecule has 0 saturated heterocycles. The number of halogens is 1. The van der Waals surface area contributed by atoms with Crippen molar-refractivity contribution in [3.8, 4) is 11.1 Å². The molecule has 0 fully saturated rings. The van der Waals surface area contributed by atoms with Crippen LogP contribution in [0.15, 0.2) is 40.9 Å². The highest BCUT2D eigenvalue weighted by Gasteiger charge is 2.05. The van der Waals surface area contributed by atoms with Gasteiger partial charge in [0.25, 0.3) is 0 Å². The number of fused-ring (bicyclic) bond motifs is 1. The molecular formula is C14H12BrN3. The van der Waals surface area contributed by atoms with Crippen molar-refractivity contribution in [3.05, 3.63) is 46.4 Å². The summed E-state index contributed by atoms with van der Waals surface area (Å²) in [7, 11) is 0. The Morgan fingerprint density at radius 3 is 2.72 bits per heavy atom. The van der Waals surface area contributed by atoms with Crippen LogP contribution in [-0.2, 0) is 0 Å². The minimum atomic E-state index is 0.543. The maximum Gasteiger partial charge on any atom is 0.153 e. The first-order valence-corrected chi connectivity index (χ1v) is 6.44. The number of nitrogens with zero attached hydrogens (tertiary/aromatic N) is 1. The molecule has 90 valence electrons. The lowest BCUT2D eigenvalue weighted by Gasteiger charge is -2.04. The van der Waals surface area contributed by atoms with Crippen LogP contribution in [0.4, 0.5) is 5.82 Å². The van der Waals surface area contributed by atoms with Crippen LogP contribution >= 0.6 is 15.9 Å². The van der Waals surface area contributed by atoms with Gasteiger partial charge in [0.15, 0.2) is 5.82 Å². The third kappa shape index (κ3) is 1.88. The van der Waals surface area contributed by atoms with Crippen molar-refractivity contribution in [1.82, 2.24) is 10.2 Å². The van der Waals surface area contributed by atoms with Gasteiger partial charge in [0.2, 0.25) is 0 Å². The molecule has 0 aliphatic heterocycles. The fourth-order valence-corrected chi connectivity index (χ4v) is 2.73. The highest BCUT2D eigenvalue weighted by molar-refractivity contribution is 9.10. The number of hydrogen-bond acceptors (Lipinski definition) is 2. The van der Waals surface area contributed by atoms with E-state index in [-0.39, 0.29) is 0 Å². The van der Waals surface area contributed by atoms with Gasteiger partial charge in [-0.25, -0.2) is 0 Å². The van der Waals surface area contributed by atoms with Gasteiger partial charge in [-0.05, 0) is 47.9 Å². The molecular weight excluding hydrogens is 290 g/mol. The van der Waals surface area contributed by atoms with Crippen LogP contribution in [0.3, 0.4) is 0 Å². The Hall–Kier alpha value is -1.81. The Morgan fingerprint density at radius 2 is 1.94 bits per heavy atom. The summed E-state index contributed by atoms with van der Waals surface area (Å²) in [6.07, 6.45) is 0. The maximum atomic E-state index is 5.76. The van der Waals surface area contributed by atoms with Crippen molar-refractivity contribution in [2.45, 2.75) is 6.92 Å². The summed E-state index contributed by atoms with van der Waals surface area (Å²) in [6.45, 7) is 2.08. The van der Waals surface area contributed by atoms with E-state index in [4.69, 9.17) is 5.73 Å². The second-order valence-corrected chi connectivity index (χ2v) is 5.30. The predicted molar refractivity (Wildman–Crippen MR) is 78.4 cm³/mol. The molecule has 3 N–H and O–H groups in total. The van der Waals surface area contributed by atoms with E-state index >= 15 is 0 Å². The highest BCUT2D eigenvalue weighted by Crippen LogP contribution is 2.28. The fraction of sp³-hybridized carbons (Fsp3) is 0.0714. The maximum absolute atomic E-state index is 5.76. The molecule has 0 bridgehead atoms. The molecule has 0 radical (unpaired) electrons. The third-order valence-corrected chi connectivity index (χ3v) is 3.43. The Morgan fingerprint density at radius 1 is 1.11 bits per heavy atom. The lowest BCUT2D eigenvalue weighted by molar-refractivity contribution is 1.13. The van der Waals surface area contributed by atoms with Crippen LogP contribution in [-0.4, -0.2) is 10.2 Å². The van der Waals surface area contributed by atoms with Gasteiger partial charge in [-0.3, -0.25) is 5.10 Å². The minimum absolute atomic E-state index is 0.543. The predicted octanol–water partition coefficient (Wildman–Crippen LogP) is 3.88. The second-order valence-electron chi connectivity index (χ2n) is 4.39. The van der Waals surface area contributed by atoms with Crippen molar-refractivity contribution in [3.63, 3.8) is 0 Å². The summed E-state index contributed by atoms with van der Waals surface area (Å²) in [5.74, 6) is 0.543. The summed E-state index contributed by atoms with van der Waals surface area (Å²) in [6, 6.07) is 12.5. The Bertz CT molecular complexity index is 711. The van der Waals surface area contributed by atoms with Crippen LogP contribution in [0, 0.1) is 6.92 Å². The first-order chi connectivity index (χ1) is 8.63. The normalized spacial score (nSPS) is 11.0. The zero-order valence-corrected chi connectivity index (χ0v) is 11.5. The van der Waals surface area contributed by atoms with Gasteiger partial charge >= 0.3 is 0 Å². The number of nitrogen functional groups attached to an aromatic ring is 1. The molecule has 0 aliphatic rings. The van der Waals surface area contributed by atoms with Gasteiger partial charge < -0.3 is 5.73 Å². The SMILES string of the molecule is Cc1cc(Br)cc(-c2ccc3c(N)n[nH]c3c2)c1. The second kappa shape index (κ2) is 4.14. The highest BCUT2D eigenvalue weighted by atomic mass is 79.9. The van der Waals surface area contributed by atoms with E-state index in [9.17, 15) is 0 Å². The van der Waals surface area contributed by atoms with Crippen LogP contribution < -0.4 is 5.73 Å². The molecule has 1 heterocycles. The average Bonchev–Trinajstić information content (AvgIpc) is 2.69. The molecule has 4 heteroatoms. The fourth-order valence-electron chi connectivity index (χ4n) is 2.12. The van der Waals surface area contributed by atoms with Crippen molar-refractivity contribution in [2.24, 2.45) is 0 Å². The number of rotatable bonds is 1. The van der Waals surface area contributed by atoms with E-state index in [1.807, 2.05) is 6.07 Å². The monoisotopic (exact) mass is 301 g/mol. The number of hydrogen-bond donors (Lipinski definition) is 2. The van der Waals surface area contributed by atoms with Gasteiger partial charge in [0, 0.05) is 9.86 Å². The van der Waals surface area contributed by atoms with Crippen molar-refractivity contribution in [1.29, 1.82) is 0 Å². The molecule has 18 heavy (non-hydrogen) atoms. The smallest absolute Gasteiger partial charge is 0.153 e. The molecule has 3 rings (SSSR count). The van der Waals surface area contributed by atoms with E-state index in [0.717, 1.165) is 20.9 Å². The van der Waals surface area contributed by atoms with Crippen LogP contribution in [0.2, 0.25) is 0 Å². The molecule has 0 spiro atoms. The molecule has 0 amide bonds. The average molecular weight is 302 g/mol. The van der Waals surface area contributed by atoms with Gasteiger partial charge in [0.05, 0.1) is 5.52 Å². The molecule has 0 saturated carbocycles. The Balaban J connectivity index is 2.18. The first-order valence-electron chi connectivity index (χ1n) is 5.64. The summed E-state index contributed by atoms with van der Waals surface area (Å²) >= 11 is 3.52. The lowest BCUT2D eigenvalue weighted by atomic mass is 10.0. The number of aromatic nitrogens is 2. The van der Waals surface area contributed by atoms with Crippen LogP contribution in [0.1, 0.15) is 5.56 Å². The number of nitrogens with one attached hydrogen (secondary N) is 1. The number of H-pyrrole nitrogens is 1. The van der Waals surface area contributed by atoms with Gasteiger partial charge in [-0.1, -0.05) is 28.1 Å².